The third-order valence-corrected chi connectivity index (χ3v) is 3.33. The van der Waals surface area contributed by atoms with E-state index in [4.69, 9.17) is 0 Å². The lowest BCUT2D eigenvalue weighted by Crippen LogP contribution is -2.34. The summed E-state index contributed by atoms with van der Waals surface area (Å²) in [7, 11) is -4.22. The van der Waals surface area contributed by atoms with Crippen molar-refractivity contribution in [3.05, 3.63) is 0 Å². The molecule has 1 fully saturated rings. The molecule has 0 bridgehead atoms. The Balaban J connectivity index is 2.66. The molecule has 1 aliphatic carbocycles. The highest BCUT2D eigenvalue weighted by atomic mass is 32.3. The van der Waals surface area contributed by atoms with Crippen molar-refractivity contribution in [3.8, 4) is 0 Å². The van der Waals surface area contributed by atoms with E-state index >= 15 is 0 Å². The SMILES string of the molecule is CC1CCC1S(=O)(=O)F. The standard InChI is InChI=1S/C5H9FO2S/c1-4-2-3-5(4)9(6,7)8/h4-5H,2-3H2,1H3. The molecule has 0 amide bonds. The van der Waals surface area contributed by atoms with Crippen LogP contribution in [0.1, 0.15) is 19.8 Å². The van der Waals surface area contributed by atoms with Gasteiger partial charge in [-0.25, -0.2) is 0 Å². The van der Waals surface area contributed by atoms with Gasteiger partial charge >= 0.3 is 10.2 Å². The molecule has 1 aliphatic rings. The molecule has 0 saturated heterocycles. The van der Waals surface area contributed by atoms with Crippen molar-refractivity contribution >= 4 is 10.2 Å². The molecule has 2 atom stereocenters. The van der Waals surface area contributed by atoms with Crippen LogP contribution in [0.3, 0.4) is 0 Å². The van der Waals surface area contributed by atoms with E-state index in [1.807, 2.05) is 0 Å². The Morgan fingerprint density at radius 1 is 1.44 bits per heavy atom. The van der Waals surface area contributed by atoms with Crippen molar-refractivity contribution in [1.82, 2.24) is 0 Å². The van der Waals surface area contributed by atoms with Crippen molar-refractivity contribution in [2.24, 2.45) is 5.92 Å². The lowest BCUT2D eigenvalue weighted by molar-refractivity contribution is 0.334. The summed E-state index contributed by atoms with van der Waals surface area (Å²) in [4.78, 5) is 0. The largest absolute Gasteiger partial charge is 0.305 e. The van der Waals surface area contributed by atoms with Crippen LogP contribution in [0.4, 0.5) is 3.89 Å². The molecular formula is C5H9FO2S. The van der Waals surface area contributed by atoms with Crippen molar-refractivity contribution in [3.63, 3.8) is 0 Å². The summed E-state index contributed by atoms with van der Waals surface area (Å²) in [6.45, 7) is 1.76. The van der Waals surface area contributed by atoms with Gasteiger partial charge in [-0.1, -0.05) is 6.92 Å². The maximum atomic E-state index is 12.1. The summed E-state index contributed by atoms with van der Waals surface area (Å²) in [5.41, 5.74) is 0. The van der Waals surface area contributed by atoms with Crippen molar-refractivity contribution < 1.29 is 12.3 Å². The highest BCUT2D eigenvalue weighted by Crippen LogP contribution is 2.33. The molecule has 54 valence electrons. The van der Waals surface area contributed by atoms with Crippen LogP contribution in [-0.2, 0) is 10.2 Å². The summed E-state index contributed by atoms with van der Waals surface area (Å²) in [6, 6.07) is 0. The van der Waals surface area contributed by atoms with E-state index < -0.39 is 15.5 Å². The molecule has 0 aromatic carbocycles. The highest BCUT2D eigenvalue weighted by molar-refractivity contribution is 7.87. The predicted molar refractivity (Wildman–Crippen MR) is 32.2 cm³/mol. The minimum Gasteiger partial charge on any atom is -0.195 e. The highest BCUT2D eigenvalue weighted by Gasteiger charge is 2.37. The smallest absolute Gasteiger partial charge is 0.195 e. The van der Waals surface area contributed by atoms with E-state index in [9.17, 15) is 12.3 Å². The molecule has 0 N–H and O–H groups in total. The Hall–Kier alpha value is -0.120. The molecule has 2 unspecified atom stereocenters. The number of halogens is 1. The van der Waals surface area contributed by atoms with Crippen molar-refractivity contribution in [1.29, 1.82) is 0 Å². The average Bonchev–Trinajstić information content (AvgIpc) is 1.57. The normalized spacial score (nSPS) is 35.8. The van der Waals surface area contributed by atoms with Gasteiger partial charge in [-0.05, 0) is 18.8 Å². The Morgan fingerprint density at radius 2 is 2.00 bits per heavy atom. The van der Waals surface area contributed by atoms with Gasteiger partial charge in [0.25, 0.3) is 0 Å². The van der Waals surface area contributed by atoms with Gasteiger partial charge in [-0.2, -0.15) is 8.42 Å². The van der Waals surface area contributed by atoms with Crippen LogP contribution in [0, 0.1) is 5.92 Å². The molecule has 0 heterocycles. The first kappa shape index (κ1) is 6.99. The molecule has 2 nitrogen and oxygen atoms in total. The maximum Gasteiger partial charge on any atom is 0.305 e. The summed E-state index contributed by atoms with van der Waals surface area (Å²) in [5.74, 6) is 0.0278. The van der Waals surface area contributed by atoms with Crippen LogP contribution in [0.25, 0.3) is 0 Å². The summed E-state index contributed by atoms with van der Waals surface area (Å²) in [5, 5.41) is -0.697. The summed E-state index contributed by atoms with van der Waals surface area (Å²) < 4.78 is 32.4. The van der Waals surface area contributed by atoms with E-state index in [2.05, 4.69) is 0 Å². The van der Waals surface area contributed by atoms with Crippen LogP contribution in [0.2, 0.25) is 0 Å². The topological polar surface area (TPSA) is 34.1 Å². The van der Waals surface area contributed by atoms with Gasteiger partial charge in [0.05, 0.1) is 5.25 Å². The fourth-order valence-corrected chi connectivity index (χ4v) is 2.16. The van der Waals surface area contributed by atoms with Crippen molar-refractivity contribution in [2.45, 2.75) is 25.0 Å². The molecule has 0 radical (unpaired) electrons. The maximum absolute atomic E-state index is 12.1. The lowest BCUT2D eigenvalue weighted by Gasteiger charge is -2.29. The van der Waals surface area contributed by atoms with E-state index in [1.165, 1.54) is 0 Å². The molecule has 0 aromatic heterocycles. The van der Waals surface area contributed by atoms with Crippen LogP contribution in [0.15, 0.2) is 0 Å². The third kappa shape index (κ3) is 1.23. The minimum atomic E-state index is -4.22. The molecule has 1 rings (SSSR count). The fraction of sp³-hybridized carbons (Fsp3) is 1.00. The van der Waals surface area contributed by atoms with Gasteiger partial charge < -0.3 is 0 Å². The second-order valence-electron chi connectivity index (χ2n) is 2.57. The van der Waals surface area contributed by atoms with Crippen LogP contribution < -0.4 is 0 Å². The zero-order valence-corrected chi connectivity index (χ0v) is 5.99. The molecular weight excluding hydrogens is 143 g/mol. The molecule has 0 aromatic rings. The predicted octanol–water partition coefficient (Wildman–Crippen LogP) is 1.08. The Bertz CT molecular complexity index is 197. The summed E-state index contributed by atoms with van der Waals surface area (Å²) >= 11 is 0. The Kier molecular flexibility index (Phi) is 1.50. The van der Waals surface area contributed by atoms with Crippen molar-refractivity contribution in [2.75, 3.05) is 0 Å². The van der Waals surface area contributed by atoms with Gasteiger partial charge in [-0.15, -0.1) is 3.89 Å². The number of rotatable bonds is 1. The zero-order valence-electron chi connectivity index (χ0n) is 5.17. The second kappa shape index (κ2) is 1.94. The quantitative estimate of drug-likeness (QED) is 0.527. The van der Waals surface area contributed by atoms with Crippen LogP contribution >= 0.6 is 0 Å². The first-order chi connectivity index (χ1) is 4.02. The van der Waals surface area contributed by atoms with Gasteiger partial charge in [0, 0.05) is 0 Å². The average molecular weight is 152 g/mol. The monoisotopic (exact) mass is 152 g/mol. The Morgan fingerprint density at radius 3 is 2.00 bits per heavy atom. The fourth-order valence-electron chi connectivity index (χ4n) is 1.05. The third-order valence-electron chi connectivity index (χ3n) is 1.90. The van der Waals surface area contributed by atoms with Gasteiger partial charge in [0.15, 0.2) is 0 Å². The molecule has 9 heavy (non-hydrogen) atoms. The van der Waals surface area contributed by atoms with E-state index in [0.29, 0.717) is 6.42 Å². The number of hydrogen-bond acceptors (Lipinski definition) is 2. The minimum absolute atomic E-state index is 0.0278. The molecule has 0 aliphatic heterocycles. The Labute approximate surface area is 54.3 Å². The first-order valence-corrected chi connectivity index (χ1v) is 4.40. The number of hydrogen-bond donors (Lipinski definition) is 0. The summed E-state index contributed by atoms with van der Waals surface area (Å²) in [6.07, 6.45) is 1.34. The zero-order chi connectivity index (χ0) is 7.07. The molecule has 4 heteroatoms. The van der Waals surface area contributed by atoms with Gasteiger partial charge in [0.2, 0.25) is 0 Å². The second-order valence-corrected chi connectivity index (χ2v) is 4.13. The first-order valence-electron chi connectivity index (χ1n) is 2.95. The lowest BCUT2D eigenvalue weighted by atomic mass is 9.87. The van der Waals surface area contributed by atoms with Crippen LogP contribution in [-0.4, -0.2) is 13.7 Å². The van der Waals surface area contributed by atoms with E-state index in [0.717, 1.165) is 6.42 Å². The molecule has 0 spiro atoms. The van der Waals surface area contributed by atoms with Gasteiger partial charge in [-0.3, -0.25) is 0 Å². The van der Waals surface area contributed by atoms with Crippen LogP contribution in [0.5, 0.6) is 0 Å². The van der Waals surface area contributed by atoms with Gasteiger partial charge in [0.1, 0.15) is 0 Å². The van der Waals surface area contributed by atoms with E-state index in [1.54, 1.807) is 6.92 Å². The van der Waals surface area contributed by atoms with E-state index in [-0.39, 0.29) is 5.92 Å². The molecule has 1 saturated carbocycles.